The maximum atomic E-state index is 6.46. The molecule has 0 unspecified atom stereocenters. The summed E-state index contributed by atoms with van der Waals surface area (Å²) in [5.74, 6) is 0.624. The van der Waals surface area contributed by atoms with Crippen molar-refractivity contribution in [2.45, 2.75) is 9.79 Å². The van der Waals surface area contributed by atoms with Gasteiger partial charge >= 0.3 is 0 Å². The maximum Gasteiger partial charge on any atom is 0.236 e. The van der Waals surface area contributed by atoms with Crippen LogP contribution in [-0.2, 0) is 0 Å². The minimum atomic E-state index is 0.624. The molecule has 0 spiro atoms. The highest BCUT2D eigenvalue weighted by Gasteiger charge is 2.28. The lowest BCUT2D eigenvalue weighted by molar-refractivity contribution is 0.670. The zero-order valence-corrected chi connectivity index (χ0v) is 29.6. The third-order valence-corrected chi connectivity index (χ3v) is 11.9. The van der Waals surface area contributed by atoms with Gasteiger partial charge in [-0.3, -0.25) is 9.13 Å². The molecule has 0 fully saturated rings. The summed E-state index contributed by atoms with van der Waals surface area (Å²) in [5, 5.41) is 5.84. The molecule has 12 rings (SSSR count). The van der Waals surface area contributed by atoms with Crippen LogP contribution in [0.4, 0.5) is 0 Å². The van der Waals surface area contributed by atoms with Crippen molar-refractivity contribution < 1.29 is 4.42 Å². The fourth-order valence-corrected chi connectivity index (χ4v) is 9.48. The van der Waals surface area contributed by atoms with Crippen LogP contribution in [0.15, 0.2) is 184 Å². The summed E-state index contributed by atoms with van der Waals surface area (Å²) in [6.45, 7) is 0. The van der Waals surface area contributed by atoms with Gasteiger partial charge in [0, 0.05) is 53.4 Å². The molecule has 0 N–H and O–H groups in total. The Kier molecular flexibility index (Phi) is 6.21. The Labute approximate surface area is 313 Å². The van der Waals surface area contributed by atoms with E-state index >= 15 is 0 Å². The number of nitrogens with zero attached hydrogens (tertiary/aromatic N) is 4. The van der Waals surface area contributed by atoms with E-state index in [0.29, 0.717) is 5.95 Å². The highest BCUT2D eigenvalue weighted by molar-refractivity contribution is 7.99. The van der Waals surface area contributed by atoms with E-state index in [1.165, 1.54) is 31.5 Å². The first-order valence-corrected chi connectivity index (χ1v) is 18.9. The van der Waals surface area contributed by atoms with Crippen LogP contribution < -0.4 is 0 Å². The second kappa shape index (κ2) is 11.3. The summed E-state index contributed by atoms with van der Waals surface area (Å²) in [4.78, 5) is 13.3. The van der Waals surface area contributed by atoms with Crippen molar-refractivity contribution in [2.75, 3.05) is 0 Å². The molecule has 4 aromatic heterocycles. The van der Waals surface area contributed by atoms with Crippen LogP contribution in [0.1, 0.15) is 0 Å². The molecule has 0 bridgehead atoms. The fourth-order valence-electron chi connectivity index (χ4n) is 8.39. The van der Waals surface area contributed by atoms with Crippen molar-refractivity contribution in [3.05, 3.63) is 170 Å². The van der Waals surface area contributed by atoms with E-state index in [0.717, 1.165) is 72.4 Å². The number of hydrogen-bond donors (Lipinski definition) is 0. The van der Waals surface area contributed by atoms with E-state index in [9.17, 15) is 0 Å². The number of rotatable bonds is 4. The molecule has 252 valence electrons. The standard InChI is InChI=1S/C48H28N4OS/c1-2-13-29(14-3-1)37-28-38(31-16-10-15-30(27-31)32-19-11-20-34-33-17-5-8-24-41(33)53-46(32)34)50-48(49-37)52-39-22-6-4-18-35(39)44-36-21-12-26-43-45(36)51(47(44)52)40-23-7-9-25-42(40)54-43/h1-28H. The van der Waals surface area contributed by atoms with E-state index in [-0.39, 0.29) is 0 Å². The minimum absolute atomic E-state index is 0.624. The Bertz CT molecular complexity index is 3320. The summed E-state index contributed by atoms with van der Waals surface area (Å²) in [7, 11) is 0. The summed E-state index contributed by atoms with van der Waals surface area (Å²) >= 11 is 1.83. The monoisotopic (exact) mass is 708 g/mol. The zero-order chi connectivity index (χ0) is 35.3. The van der Waals surface area contributed by atoms with Gasteiger partial charge in [0.15, 0.2) is 0 Å². The molecule has 6 heteroatoms. The molecule has 1 aliphatic rings. The van der Waals surface area contributed by atoms with Crippen molar-refractivity contribution >= 4 is 66.5 Å². The van der Waals surface area contributed by atoms with Crippen molar-refractivity contribution in [3.8, 4) is 45.3 Å². The Morgan fingerprint density at radius 1 is 0.481 bits per heavy atom. The average Bonchev–Trinajstić information content (AvgIpc) is 3.90. The van der Waals surface area contributed by atoms with Crippen molar-refractivity contribution in [2.24, 2.45) is 0 Å². The van der Waals surface area contributed by atoms with E-state index < -0.39 is 0 Å². The molecule has 0 aliphatic carbocycles. The quantitative estimate of drug-likeness (QED) is 0.183. The molecule has 0 radical (unpaired) electrons. The third-order valence-electron chi connectivity index (χ3n) is 10.7. The first-order valence-electron chi connectivity index (χ1n) is 18.1. The lowest BCUT2D eigenvalue weighted by Crippen LogP contribution is -2.08. The predicted octanol–water partition coefficient (Wildman–Crippen LogP) is 12.9. The Hall–Kier alpha value is -6.89. The van der Waals surface area contributed by atoms with Gasteiger partial charge in [-0.15, -0.1) is 0 Å². The van der Waals surface area contributed by atoms with Crippen LogP contribution in [-0.4, -0.2) is 19.1 Å². The number of furan rings is 1. The van der Waals surface area contributed by atoms with Crippen LogP contribution >= 0.6 is 11.8 Å². The molecule has 54 heavy (non-hydrogen) atoms. The van der Waals surface area contributed by atoms with Gasteiger partial charge < -0.3 is 4.42 Å². The molecule has 5 heterocycles. The Balaban J connectivity index is 1.14. The van der Waals surface area contributed by atoms with Gasteiger partial charge in [0.25, 0.3) is 0 Å². The molecule has 0 saturated carbocycles. The first kappa shape index (κ1) is 29.7. The molecular weight excluding hydrogens is 681 g/mol. The van der Waals surface area contributed by atoms with E-state index in [2.05, 4.69) is 161 Å². The smallest absolute Gasteiger partial charge is 0.236 e. The molecule has 5 nitrogen and oxygen atoms in total. The minimum Gasteiger partial charge on any atom is -0.455 e. The maximum absolute atomic E-state index is 6.46. The van der Waals surface area contributed by atoms with Gasteiger partial charge in [0.1, 0.15) is 16.8 Å². The van der Waals surface area contributed by atoms with Crippen molar-refractivity contribution in [1.29, 1.82) is 0 Å². The van der Waals surface area contributed by atoms with Gasteiger partial charge in [0.05, 0.1) is 28.1 Å². The van der Waals surface area contributed by atoms with Crippen LogP contribution in [0.5, 0.6) is 0 Å². The zero-order valence-electron chi connectivity index (χ0n) is 28.8. The molecule has 11 aromatic rings. The Morgan fingerprint density at radius 3 is 2.07 bits per heavy atom. The highest BCUT2D eigenvalue weighted by atomic mass is 32.2. The predicted molar refractivity (Wildman–Crippen MR) is 221 cm³/mol. The van der Waals surface area contributed by atoms with Crippen LogP contribution in [0.25, 0.3) is 100 Å². The van der Waals surface area contributed by atoms with Crippen LogP contribution in [0.2, 0.25) is 0 Å². The van der Waals surface area contributed by atoms with Gasteiger partial charge in [-0.25, -0.2) is 9.97 Å². The number of benzene rings is 7. The van der Waals surface area contributed by atoms with E-state index in [4.69, 9.17) is 14.4 Å². The number of fused-ring (bicyclic) bond motifs is 10. The van der Waals surface area contributed by atoms with E-state index in [1.54, 1.807) is 0 Å². The van der Waals surface area contributed by atoms with Gasteiger partial charge in [-0.2, -0.15) is 0 Å². The first-order chi connectivity index (χ1) is 26.8. The number of aromatic nitrogens is 4. The molecule has 0 atom stereocenters. The third kappa shape index (κ3) is 4.23. The Morgan fingerprint density at radius 2 is 1.15 bits per heavy atom. The lowest BCUT2D eigenvalue weighted by atomic mass is 9.99. The van der Waals surface area contributed by atoms with Gasteiger partial charge in [-0.05, 0) is 48.0 Å². The van der Waals surface area contributed by atoms with Crippen molar-refractivity contribution in [3.63, 3.8) is 0 Å². The molecule has 7 aromatic carbocycles. The fraction of sp³-hybridized carbons (Fsp3) is 0. The molecule has 0 amide bonds. The molecule has 0 saturated heterocycles. The second-order valence-corrected chi connectivity index (χ2v) is 14.9. The topological polar surface area (TPSA) is 48.8 Å². The lowest BCUT2D eigenvalue weighted by Gasteiger charge is -2.20. The van der Waals surface area contributed by atoms with Crippen LogP contribution in [0.3, 0.4) is 0 Å². The van der Waals surface area contributed by atoms with Gasteiger partial charge in [0.2, 0.25) is 5.95 Å². The largest absolute Gasteiger partial charge is 0.455 e. The summed E-state index contributed by atoms with van der Waals surface area (Å²) < 4.78 is 11.2. The molecule has 1 aliphatic heterocycles. The van der Waals surface area contributed by atoms with E-state index in [1.807, 2.05) is 30.0 Å². The molecular formula is C48H28N4OS. The highest BCUT2D eigenvalue weighted by Crippen LogP contribution is 2.49. The summed E-state index contributed by atoms with van der Waals surface area (Å²) in [6.07, 6.45) is 0. The number of para-hydroxylation sites is 5. The van der Waals surface area contributed by atoms with Crippen LogP contribution in [0, 0.1) is 0 Å². The SMILES string of the molecule is c1ccc(-c2cc(-c3cccc(-c4cccc5c4oc4ccccc45)c3)nc(-n3c4ccccc4c4c5cccc6c5n(c43)-c3ccccc3S6)n2)cc1. The normalized spacial score (nSPS) is 12.4. The number of hydrogen-bond acceptors (Lipinski definition) is 4. The summed E-state index contributed by atoms with van der Waals surface area (Å²) in [5.41, 5.74) is 12.1. The van der Waals surface area contributed by atoms with Gasteiger partial charge in [-0.1, -0.05) is 139 Å². The average molecular weight is 709 g/mol. The summed E-state index contributed by atoms with van der Waals surface area (Å²) in [6, 6.07) is 59.8. The second-order valence-electron chi connectivity index (χ2n) is 13.8. The van der Waals surface area contributed by atoms with Crippen molar-refractivity contribution in [1.82, 2.24) is 19.1 Å².